The van der Waals surface area contributed by atoms with Gasteiger partial charge in [-0.15, -0.1) is 11.3 Å². The number of nitrogens with one attached hydrogen (secondary N) is 2. The summed E-state index contributed by atoms with van der Waals surface area (Å²) >= 11 is 1.11. The molecule has 2 aromatic heterocycles. The van der Waals surface area contributed by atoms with Gasteiger partial charge in [-0.2, -0.15) is 4.31 Å². The van der Waals surface area contributed by atoms with Crippen molar-refractivity contribution in [2.45, 2.75) is 29.4 Å². The van der Waals surface area contributed by atoms with Crippen molar-refractivity contribution in [3.8, 4) is 0 Å². The van der Waals surface area contributed by atoms with E-state index in [0.29, 0.717) is 44.0 Å². The van der Waals surface area contributed by atoms with Gasteiger partial charge in [-0.3, -0.25) is 9.59 Å². The zero-order valence-electron chi connectivity index (χ0n) is 15.5. The summed E-state index contributed by atoms with van der Waals surface area (Å²) in [5.41, 5.74) is -0.465. The zero-order valence-corrected chi connectivity index (χ0v) is 17.2. The van der Waals surface area contributed by atoms with Gasteiger partial charge in [0.1, 0.15) is 9.77 Å². The van der Waals surface area contributed by atoms with Crippen LogP contribution in [0.5, 0.6) is 0 Å². The molecule has 9 nitrogen and oxygen atoms in total. The molecule has 2 saturated heterocycles. The summed E-state index contributed by atoms with van der Waals surface area (Å²) in [5.74, 6) is -1.14. The van der Waals surface area contributed by atoms with E-state index in [9.17, 15) is 18.0 Å². The molecule has 1 amide bonds. The Morgan fingerprint density at radius 1 is 1.21 bits per heavy atom. The third kappa shape index (κ3) is 4.14. The number of aromatic nitrogens is 1. The maximum Gasteiger partial charge on any atom is 0.260 e. The molecule has 0 atom stereocenters. The number of nitrogens with zero attached hydrogens (tertiary/aromatic N) is 1. The monoisotopic (exact) mass is 439 g/mol. The number of rotatable bonds is 5. The molecular weight excluding hydrogens is 418 g/mol. The third-order valence-electron chi connectivity index (χ3n) is 5.01. The molecule has 2 aromatic rings. The fraction of sp³-hybridized carbons (Fsp3) is 0.444. The zero-order chi connectivity index (χ0) is 20.5. The largest absolute Gasteiger partial charge is 0.347 e. The Morgan fingerprint density at radius 3 is 2.62 bits per heavy atom. The van der Waals surface area contributed by atoms with Crippen molar-refractivity contribution in [2.75, 3.05) is 26.3 Å². The SMILES string of the molecule is O=C(NCc1ccc(S(=O)(=O)N2CCC3(CC2)OCCO3)s1)c1ccc[nH]c1=O. The van der Waals surface area contributed by atoms with E-state index in [1.54, 1.807) is 18.2 Å². The van der Waals surface area contributed by atoms with Crippen molar-refractivity contribution in [1.29, 1.82) is 0 Å². The highest BCUT2D eigenvalue weighted by Gasteiger charge is 2.42. The number of hydrogen-bond donors (Lipinski definition) is 2. The van der Waals surface area contributed by atoms with Gasteiger partial charge in [0.05, 0.1) is 19.8 Å². The van der Waals surface area contributed by atoms with Crippen LogP contribution in [0.2, 0.25) is 0 Å². The van der Waals surface area contributed by atoms with Gasteiger partial charge in [0, 0.05) is 37.0 Å². The quantitative estimate of drug-likeness (QED) is 0.715. The minimum absolute atomic E-state index is 0.00972. The summed E-state index contributed by atoms with van der Waals surface area (Å²) < 4.78 is 38.8. The third-order valence-corrected chi connectivity index (χ3v) is 8.47. The molecule has 4 rings (SSSR count). The van der Waals surface area contributed by atoms with E-state index < -0.39 is 27.3 Å². The Hall–Kier alpha value is -2.05. The Morgan fingerprint density at radius 2 is 1.93 bits per heavy atom. The van der Waals surface area contributed by atoms with Gasteiger partial charge in [-0.05, 0) is 24.3 Å². The number of aromatic amines is 1. The smallest absolute Gasteiger partial charge is 0.260 e. The number of carbonyl (C=O) groups is 1. The normalized spacial score (nSPS) is 19.4. The summed E-state index contributed by atoms with van der Waals surface area (Å²) in [6.45, 7) is 1.90. The molecule has 4 heterocycles. The first-order valence-electron chi connectivity index (χ1n) is 9.22. The lowest BCUT2D eigenvalue weighted by Gasteiger charge is -2.36. The lowest BCUT2D eigenvalue weighted by Crippen LogP contribution is -2.47. The Labute approximate surface area is 171 Å². The summed E-state index contributed by atoms with van der Waals surface area (Å²) in [4.78, 5) is 26.9. The first-order chi connectivity index (χ1) is 13.9. The Bertz CT molecular complexity index is 1050. The molecular formula is C18H21N3O6S2. The maximum absolute atomic E-state index is 12.9. The van der Waals surface area contributed by atoms with Crippen LogP contribution < -0.4 is 10.9 Å². The molecule has 0 aliphatic carbocycles. The van der Waals surface area contributed by atoms with Gasteiger partial charge < -0.3 is 19.8 Å². The van der Waals surface area contributed by atoms with Crippen molar-refractivity contribution < 1.29 is 22.7 Å². The van der Waals surface area contributed by atoms with Crippen LogP contribution in [0.3, 0.4) is 0 Å². The molecule has 2 aliphatic heterocycles. The highest BCUT2D eigenvalue weighted by atomic mass is 32.2. The summed E-state index contributed by atoms with van der Waals surface area (Å²) in [5, 5.41) is 2.64. The van der Waals surface area contributed by atoms with Crippen molar-refractivity contribution >= 4 is 27.3 Å². The molecule has 2 aliphatic rings. The van der Waals surface area contributed by atoms with Crippen LogP contribution in [0.25, 0.3) is 0 Å². The number of carbonyl (C=O) groups excluding carboxylic acids is 1. The predicted molar refractivity (Wildman–Crippen MR) is 105 cm³/mol. The summed E-state index contributed by atoms with van der Waals surface area (Å²) in [6, 6.07) is 6.21. The molecule has 0 aromatic carbocycles. The average molecular weight is 440 g/mol. The van der Waals surface area contributed by atoms with Crippen LogP contribution in [-0.4, -0.2) is 55.7 Å². The van der Waals surface area contributed by atoms with Crippen molar-refractivity contribution in [3.05, 3.63) is 51.3 Å². The van der Waals surface area contributed by atoms with E-state index in [-0.39, 0.29) is 16.3 Å². The molecule has 0 unspecified atom stereocenters. The fourth-order valence-corrected chi connectivity index (χ4v) is 6.33. The van der Waals surface area contributed by atoms with Gasteiger partial charge in [-0.1, -0.05) is 0 Å². The molecule has 0 bridgehead atoms. The number of amides is 1. The van der Waals surface area contributed by atoms with Crippen molar-refractivity contribution in [1.82, 2.24) is 14.6 Å². The lowest BCUT2D eigenvalue weighted by molar-refractivity contribution is -0.179. The second-order valence-electron chi connectivity index (χ2n) is 6.83. The van der Waals surface area contributed by atoms with E-state index in [1.165, 1.54) is 16.6 Å². The van der Waals surface area contributed by atoms with E-state index in [0.717, 1.165) is 11.3 Å². The van der Waals surface area contributed by atoms with E-state index in [1.807, 2.05) is 0 Å². The maximum atomic E-state index is 12.9. The molecule has 2 fully saturated rings. The summed E-state index contributed by atoms with van der Waals surface area (Å²) in [7, 11) is -3.61. The molecule has 29 heavy (non-hydrogen) atoms. The van der Waals surface area contributed by atoms with Crippen LogP contribution in [0.1, 0.15) is 28.1 Å². The number of hydrogen-bond acceptors (Lipinski definition) is 7. The molecule has 2 N–H and O–H groups in total. The number of H-pyrrole nitrogens is 1. The molecule has 0 saturated carbocycles. The van der Waals surface area contributed by atoms with Crippen molar-refractivity contribution in [2.24, 2.45) is 0 Å². The van der Waals surface area contributed by atoms with Crippen molar-refractivity contribution in [3.63, 3.8) is 0 Å². The Balaban J connectivity index is 1.38. The number of thiophene rings is 1. The number of ether oxygens (including phenoxy) is 2. The first-order valence-corrected chi connectivity index (χ1v) is 11.5. The minimum atomic E-state index is -3.61. The number of sulfonamides is 1. The molecule has 0 radical (unpaired) electrons. The van der Waals surface area contributed by atoms with E-state index in [2.05, 4.69) is 10.3 Å². The standard InChI is InChI=1S/C18H21N3O6S2/c22-16-14(2-1-7-19-16)17(23)20-12-13-3-4-15(28-13)29(24,25)21-8-5-18(6-9-21)26-10-11-27-18/h1-4,7H,5-6,8-12H2,(H,19,22)(H,20,23). The van der Waals surface area contributed by atoms with E-state index in [4.69, 9.17) is 9.47 Å². The second kappa shape index (κ2) is 8.00. The highest BCUT2D eigenvalue weighted by Crippen LogP contribution is 2.34. The highest BCUT2D eigenvalue weighted by molar-refractivity contribution is 7.91. The van der Waals surface area contributed by atoms with Gasteiger partial charge in [0.25, 0.3) is 21.5 Å². The number of piperidine rings is 1. The molecule has 156 valence electrons. The molecule has 1 spiro atoms. The number of pyridine rings is 1. The minimum Gasteiger partial charge on any atom is -0.347 e. The second-order valence-corrected chi connectivity index (χ2v) is 10.2. The summed E-state index contributed by atoms with van der Waals surface area (Å²) in [6.07, 6.45) is 2.46. The Kier molecular flexibility index (Phi) is 5.58. The fourth-order valence-electron chi connectivity index (χ4n) is 3.44. The van der Waals surface area contributed by atoms with Gasteiger partial charge in [0.15, 0.2) is 5.79 Å². The first kappa shape index (κ1) is 20.2. The topological polar surface area (TPSA) is 118 Å². The van der Waals surface area contributed by atoms with E-state index >= 15 is 0 Å². The van der Waals surface area contributed by atoms with Crippen LogP contribution in [0.4, 0.5) is 0 Å². The van der Waals surface area contributed by atoms with Crippen LogP contribution in [0, 0.1) is 0 Å². The van der Waals surface area contributed by atoms with Gasteiger partial charge in [-0.25, -0.2) is 8.42 Å². The van der Waals surface area contributed by atoms with Crippen LogP contribution >= 0.6 is 11.3 Å². The average Bonchev–Trinajstić information content (AvgIpc) is 3.37. The van der Waals surface area contributed by atoms with Gasteiger partial charge in [0.2, 0.25) is 0 Å². The van der Waals surface area contributed by atoms with Gasteiger partial charge >= 0.3 is 0 Å². The van der Waals surface area contributed by atoms with Crippen LogP contribution in [-0.2, 0) is 26.0 Å². The lowest BCUT2D eigenvalue weighted by atomic mass is 10.1. The predicted octanol–water partition coefficient (Wildman–Crippen LogP) is 0.894. The van der Waals surface area contributed by atoms with Crippen LogP contribution in [0.15, 0.2) is 39.5 Å². The molecule has 11 heteroatoms.